The van der Waals surface area contributed by atoms with Crippen molar-refractivity contribution in [3.8, 4) is 5.75 Å². The highest BCUT2D eigenvalue weighted by Gasteiger charge is 2.42. The van der Waals surface area contributed by atoms with Crippen LogP contribution in [-0.2, 0) is 20.8 Å². The lowest BCUT2D eigenvalue weighted by Crippen LogP contribution is -2.37. The molecule has 0 aliphatic carbocycles. The van der Waals surface area contributed by atoms with Crippen LogP contribution < -0.4 is 10.5 Å². The smallest absolute Gasteiger partial charge is 0.311 e. The minimum absolute atomic E-state index is 0.148. The molecule has 124 valence electrons. The average Bonchev–Trinajstić information content (AvgIpc) is 2.90. The highest BCUT2D eigenvalue weighted by atomic mass is 16.5. The first-order valence-corrected chi connectivity index (χ1v) is 7.31. The zero-order chi connectivity index (χ0) is 17.0. The largest absolute Gasteiger partial charge is 0.484 e. The van der Waals surface area contributed by atoms with Gasteiger partial charge in [0.2, 0.25) is 5.91 Å². The molecule has 1 aliphatic rings. The van der Waals surface area contributed by atoms with E-state index < -0.39 is 17.3 Å². The second-order valence-corrected chi connectivity index (χ2v) is 6.01. The van der Waals surface area contributed by atoms with E-state index in [4.69, 9.17) is 15.6 Å². The summed E-state index contributed by atoms with van der Waals surface area (Å²) < 4.78 is 5.41. The number of rotatable bonds is 6. The fourth-order valence-electron chi connectivity index (χ4n) is 2.49. The van der Waals surface area contributed by atoms with E-state index in [1.54, 1.807) is 31.2 Å². The number of nitrogens with two attached hydrogens (primary N) is 1. The Morgan fingerprint density at radius 2 is 1.96 bits per heavy atom. The van der Waals surface area contributed by atoms with Gasteiger partial charge in [0, 0.05) is 13.1 Å². The quantitative estimate of drug-likeness (QED) is 0.789. The monoisotopic (exact) mass is 320 g/mol. The van der Waals surface area contributed by atoms with E-state index in [1.807, 2.05) is 0 Å². The zero-order valence-electron chi connectivity index (χ0n) is 12.9. The summed E-state index contributed by atoms with van der Waals surface area (Å²) in [6.07, 6.45) is 0.594. The van der Waals surface area contributed by atoms with Crippen LogP contribution in [-0.4, -0.2) is 47.5 Å². The van der Waals surface area contributed by atoms with E-state index in [0.717, 1.165) is 5.56 Å². The van der Waals surface area contributed by atoms with Gasteiger partial charge in [0.25, 0.3) is 5.91 Å². The van der Waals surface area contributed by atoms with Crippen LogP contribution >= 0.6 is 0 Å². The van der Waals surface area contributed by atoms with Gasteiger partial charge < -0.3 is 20.5 Å². The summed E-state index contributed by atoms with van der Waals surface area (Å²) in [5, 5.41) is 9.17. The number of nitrogens with zero attached hydrogens (tertiary/aromatic N) is 1. The zero-order valence-corrected chi connectivity index (χ0v) is 12.9. The van der Waals surface area contributed by atoms with Crippen molar-refractivity contribution in [2.75, 3.05) is 19.7 Å². The van der Waals surface area contributed by atoms with Crippen LogP contribution in [0.5, 0.6) is 5.75 Å². The molecule has 0 aromatic heterocycles. The third kappa shape index (κ3) is 4.21. The summed E-state index contributed by atoms with van der Waals surface area (Å²) in [4.78, 5) is 35.6. The van der Waals surface area contributed by atoms with Gasteiger partial charge >= 0.3 is 5.97 Å². The SMILES string of the molecule is C[C@]1(C(=O)O)CCN(C(=O)COc2ccc(CC(N)=O)cc2)C1. The molecule has 0 bridgehead atoms. The number of amides is 2. The first-order chi connectivity index (χ1) is 10.8. The molecule has 7 heteroatoms. The van der Waals surface area contributed by atoms with Gasteiger partial charge in [-0.25, -0.2) is 0 Å². The number of carbonyl (C=O) groups excluding carboxylic acids is 2. The number of aliphatic carboxylic acids is 1. The second-order valence-electron chi connectivity index (χ2n) is 6.01. The van der Waals surface area contributed by atoms with Crippen LogP contribution in [0.25, 0.3) is 0 Å². The molecule has 1 atom stereocenters. The molecule has 1 heterocycles. The van der Waals surface area contributed by atoms with Crippen molar-refractivity contribution in [1.82, 2.24) is 4.90 Å². The highest BCUT2D eigenvalue weighted by molar-refractivity contribution is 5.81. The lowest BCUT2D eigenvalue weighted by Gasteiger charge is -2.20. The molecule has 0 spiro atoms. The molecule has 1 saturated heterocycles. The molecular formula is C16H20N2O5. The van der Waals surface area contributed by atoms with Crippen LogP contribution in [0.2, 0.25) is 0 Å². The second kappa shape index (κ2) is 6.68. The number of hydrogen-bond acceptors (Lipinski definition) is 4. The molecular weight excluding hydrogens is 300 g/mol. The number of carboxylic acids is 1. The van der Waals surface area contributed by atoms with Gasteiger partial charge in [0.05, 0.1) is 11.8 Å². The van der Waals surface area contributed by atoms with Crippen LogP contribution in [0.15, 0.2) is 24.3 Å². The summed E-state index contributed by atoms with van der Waals surface area (Å²) in [6.45, 7) is 2.11. The van der Waals surface area contributed by atoms with Crippen molar-refractivity contribution >= 4 is 17.8 Å². The first-order valence-electron chi connectivity index (χ1n) is 7.31. The Bertz CT molecular complexity index is 613. The van der Waals surface area contributed by atoms with Crippen LogP contribution in [0, 0.1) is 5.41 Å². The van der Waals surface area contributed by atoms with Crippen molar-refractivity contribution < 1.29 is 24.2 Å². The van der Waals surface area contributed by atoms with E-state index in [2.05, 4.69) is 0 Å². The molecule has 2 rings (SSSR count). The molecule has 0 unspecified atom stereocenters. The van der Waals surface area contributed by atoms with Gasteiger partial charge in [-0.1, -0.05) is 12.1 Å². The summed E-state index contributed by atoms with van der Waals surface area (Å²) in [5.74, 6) is -1.04. The van der Waals surface area contributed by atoms with Gasteiger partial charge in [-0.3, -0.25) is 14.4 Å². The maximum absolute atomic E-state index is 12.1. The number of carboxylic acid groups (broad SMARTS) is 1. The summed E-state index contributed by atoms with van der Waals surface area (Å²) in [6, 6.07) is 6.75. The summed E-state index contributed by atoms with van der Waals surface area (Å²) >= 11 is 0. The van der Waals surface area contributed by atoms with Gasteiger partial charge in [-0.05, 0) is 31.0 Å². The van der Waals surface area contributed by atoms with E-state index in [0.29, 0.717) is 18.7 Å². The molecule has 23 heavy (non-hydrogen) atoms. The molecule has 1 aromatic carbocycles. The molecule has 0 radical (unpaired) electrons. The molecule has 7 nitrogen and oxygen atoms in total. The number of hydrogen-bond donors (Lipinski definition) is 2. The summed E-state index contributed by atoms with van der Waals surface area (Å²) in [5.41, 5.74) is 5.00. The Hall–Kier alpha value is -2.57. The van der Waals surface area contributed by atoms with E-state index in [-0.39, 0.29) is 25.5 Å². The number of carbonyl (C=O) groups is 3. The minimum Gasteiger partial charge on any atom is -0.484 e. The molecule has 1 aliphatic heterocycles. The van der Waals surface area contributed by atoms with Gasteiger partial charge in [0.15, 0.2) is 6.61 Å². The maximum atomic E-state index is 12.1. The third-order valence-electron chi connectivity index (χ3n) is 4.01. The third-order valence-corrected chi connectivity index (χ3v) is 4.01. The van der Waals surface area contributed by atoms with Crippen molar-refractivity contribution in [2.24, 2.45) is 11.1 Å². The summed E-state index contributed by atoms with van der Waals surface area (Å²) in [7, 11) is 0. The number of primary amides is 1. The molecule has 1 fully saturated rings. The normalized spacial score (nSPS) is 20.3. The predicted molar refractivity (Wildman–Crippen MR) is 81.8 cm³/mol. The average molecular weight is 320 g/mol. The fourth-order valence-corrected chi connectivity index (χ4v) is 2.49. The Balaban J connectivity index is 1.85. The van der Waals surface area contributed by atoms with E-state index >= 15 is 0 Å². The fraction of sp³-hybridized carbons (Fsp3) is 0.438. The predicted octanol–water partition coefficient (Wildman–Crippen LogP) is 0.416. The van der Waals surface area contributed by atoms with Gasteiger partial charge in [0.1, 0.15) is 5.75 Å². The Morgan fingerprint density at radius 3 is 2.48 bits per heavy atom. The van der Waals surface area contributed by atoms with Crippen molar-refractivity contribution in [2.45, 2.75) is 19.8 Å². The lowest BCUT2D eigenvalue weighted by atomic mass is 9.90. The maximum Gasteiger partial charge on any atom is 0.311 e. The Labute approximate surface area is 134 Å². The first kappa shape index (κ1) is 16.8. The lowest BCUT2D eigenvalue weighted by molar-refractivity contribution is -0.147. The van der Waals surface area contributed by atoms with E-state index in [9.17, 15) is 14.4 Å². The van der Waals surface area contributed by atoms with Crippen molar-refractivity contribution in [3.63, 3.8) is 0 Å². The Kier molecular flexibility index (Phi) is 4.88. The van der Waals surface area contributed by atoms with Crippen LogP contribution in [0.1, 0.15) is 18.9 Å². The van der Waals surface area contributed by atoms with E-state index in [1.165, 1.54) is 4.90 Å². The van der Waals surface area contributed by atoms with Crippen molar-refractivity contribution in [1.29, 1.82) is 0 Å². The molecule has 1 aromatic rings. The highest BCUT2D eigenvalue weighted by Crippen LogP contribution is 2.30. The standard InChI is InChI=1S/C16H20N2O5/c1-16(15(21)22)6-7-18(10-16)14(20)9-23-12-4-2-11(3-5-12)8-13(17)19/h2-5H,6-10H2,1H3,(H2,17,19)(H,21,22)/t16-/m0/s1. The molecule has 2 amide bonds. The minimum atomic E-state index is -0.890. The number of ether oxygens (including phenoxy) is 1. The number of benzene rings is 1. The van der Waals surface area contributed by atoms with Gasteiger partial charge in [-0.15, -0.1) is 0 Å². The molecule has 0 saturated carbocycles. The van der Waals surface area contributed by atoms with Crippen LogP contribution in [0.4, 0.5) is 0 Å². The topological polar surface area (TPSA) is 110 Å². The number of likely N-dealkylation sites (tertiary alicyclic amines) is 1. The van der Waals surface area contributed by atoms with Gasteiger partial charge in [-0.2, -0.15) is 0 Å². The van der Waals surface area contributed by atoms with Crippen LogP contribution in [0.3, 0.4) is 0 Å². The Morgan fingerprint density at radius 1 is 1.30 bits per heavy atom. The van der Waals surface area contributed by atoms with Crippen molar-refractivity contribution in [3.05, 3.63) is 29.8 Å². The molecule has 3 N–H and O–H groups in total.